The third kappa shape index (κ3) is 3.43. The molecule has 0 unspecified atom stereocenters. The third-order valence-electron chi connectivity index (χ3n) is 4.51. The highest BCUT2D eigenvalue weighted by Gasteiger charge is 2.43. The summed E-state index contributed by atoms with van der Waals surface area (Å²) in [5.41, 5.74) is 0.961. The van der Waals surface area contributed by atoms with Crippen LogP contribution in [0.4, 0.5) is 4.79 Å². The van der Waals surface area contributed by atoms with Gasteiger partial charge >= 0.3 is 6.09 Å². The number of hydrogen-bond donors (Lipinski definition) is 0. The molecule has 1 aromatic rings. The van der Waals surface area contributed by atoms with Crippen LogP contribution < -0.4 is 0 Å². The highest BCUT2D eigenvalue weighted by Crippen LogP contribution is 2.34. The van der Waals surface area contributed by atoms with E-state index in [2.05, 4.69) is 35.2 Å². The average Bonchev–Trinajstić information content (AvgIpc) is 2.43. The minimum atomic E-state index is -0.410. The van der Waals surface area contributed by atoms with Crippen LogP contribution in [0.1, 0.15) is 32.8 Å². The Morgan fingerprint density at radius 3 is 2.59 bits per heavy atom. The number of likely N-dealkylation sites (tertiary alicyclic amines) is 2. The second-order valence-corrected chi connectivity index (χ2v) is 7.46. The molecular formula is C18H26N2O2. The summed E-state index contributed by atoms with van der Waals surface area (Å²) in [5.74, 6) is 0.602. The maximum absolute atomic E-state index is 12.2. The number of hydrogen-bond acceptors (Lipinski definition) is 3. The third-order valence-corrected chi connectivity index (χ3v) is 4.51. The van der Waals surface area contributed by atoms with Crippen LogP contribution in [0, 0.1) is 5.92 Å². The second kappa shape index (κ2) is 5.92. The predicted molar refractivity (Wildman–Crippen MR) is 86.6 cm³/mol. The predicted octanol–water partition coefficient (Wildman–Crippen LogP) is 3.13. The number of nitrogens with zero attached hydrogens (tertiary/aromatic N) is 2. The number of carbonyl (C=O) groups excluding carboxylic acids is 1. The summed E-state index contributed by atoms with van der Waals surface area (Å²) in [5, 5.41) is 0. The Morgan fingerprint density at radius 2 is 1.95 bits per heavy atom. The van der Waals surface area contributed by atoms with Gasteiger partial charge in [0.25, 0.3) is 0 Å². The first-order valence-electron chi connectivity index (χ1n) is 8.18. The van der Waals surface area contributed by atoms with E-state index in [9.17, 15) is 4.79 Å². The van der Waals surface area contributed by atoms with Crippen LogP contribution in [0.3, 0.4) is 0 Å². The van der Waals surface area contributed by atoms with Crippen molar-refractivity contribution in [3.8, 4) is 0 Å². The first-order valence-corrected chi connectivity index (χ1v) is 8.18. The van der Waals surface area contributed by atoms with Gasteiger partial charge in [-0.3, -0.25) is 4.90 Å². The van der Waals surface area contributed by atoms with E-state index in [0.717, 1.165) is 32.6 Å². The molecule has 2 saturated heterocycles. The van der Waals surface area contributed by atoms with E-state index in [1.807, 2.05) is 25.7 Å². The van der Waals surface area contributed by atoms with Crippen LogP contribution in [-0.4, -0.2) is 47.2 Å². The Hall–Kier alpha value is -1.55. The van der Waals surface area contributed by atoms with Crippen molar-refractivity contribution in [1.82, 2.24) is 9.80 Å². The van der Waals surface area contributed by atoms with Crippen LogP contribution in [0.15, 0.2) is 30.3 Å². The zero-order valence-corrected chi connectivity index (χ0v) is 13.8. The molecule has 0 radical (unpaired) electrons. The summed E-state index contributed by atoms with van der Waals surface area (Å²) in [6, 6.07) is 11.2. The van der Waals surface area contributed by atoms with Gasteiger partial charge in [0, 0.05) is 38.1 Å². The van der Waals surface area contributed by atoms with Gasteiger partial charge in [-0.15, -0.1) is 0 Å². The van der Waals surface area contributed by atoms with Crippen molar-refractivity contribution in [3.05, 3.63) is 35.9 Å². The van der Waals surface area contributed by atoms with Crippen molar-refractivity contribution < 1.29 is 9.53 Å². The molecule has 4 heteroatoms. The van der Waals surface area contributed by atoms with Gasteiger partial charge in [0.15, 0.2) is 0 Å². The molecule has 0 spiro atoms. The molecule has 2 aliphatic heterocycles. The van der Waals surface area contributed by atoms with Crippen molar-refractivity contribution in [2.24, 2.45) is 5.92 Å². The van der Waals surface area contributed by atoms with Gasteiger partial charge in [0.05, 0.1) is 0 Å². The first-order chi connectivity index (χ1) is 10.4. The standard InChI is InChI=1S/C18H26N2O2/c1-18(2,3)22-17(21)19-10-9-16-15(12-19)13-20(16)11-14-7-5-4-6-8-14/h4-8,15-16H,9-13H2,1-3H3/t15-,16-/m1/s1. The fraction of sp³-hybridized carbons (Fsp3) is 0.611. The summed E-state index contributed by atoms with van der Waals surface area (Å²) in [4.78, 5) is 16.6. The summed E-state index contributed by atoms with van der Waals surface area (Å²) in [6.45, 7) is 9.51. The van der Waals surface area contributed by atoms with Gasteiger partial charge in [-0.25, -0.2) is 4.79 Å². The number of amides is 1. The average molecular weight is 302 g/mol. The summed E-state index contributed by atoms with van der Waals surface area (Å²) >= 11 is 0. The van der Waals surface area contributed by atoms with Gasteiger partial charge in [-0.1, -0.05) is 30.3 Å². The van der Waals surface area contributed by atoms with Gasteiger partial charge < -0.3 is 9.64 Å². The number of piperidine rings is 1. The number of fused-ring (bicyclic) bond motifs is 1. The van der Waals surface area contributed by atoms with Gasteiger partial charge in [0.1, 0.15) is 5.60 Å². The SMILES string of the molecule is CC(C)(C)OC(=O)N1CC[C@@H]2[C@H](C1)CN2Cc1ccccc1. The van der Waals surface area contributed by atoms with Gasteiger partial charge in [0.2, 0.25) is 0 Å². The van der Waals surface area contributed by atoms with Crippen LogP contribution in [0.2, 0.25) is 0 Å². The molecule has 2 fully saturated rings. The maximum atomic E-state index is 12.2. The fourth-order valence-electron chi connectivity index (χ4n) is 3.47. The zero-order chi connectivity index (χ0) is 15.7. The minimum absolute atomic E-state index is 0.160. The molecule has 0 bridgehead atoms. The molecular weight excluding hydrogens is 276 g/mol. The second-order valence-electron chi connectivity index (χ2n) is 7.46. The zero-order valence-electron chi connectivity index (χ0n) is 13.8. The fourth-order valence-corrected chi connectivity index (χ4v) is 3.47. The Balaban J connectivity index is 1.50. The van der Waals surface area contributed by atoms with Gasteiger partial charge in [-0.2, -0.15) is 0 Å². The van der Waals surface area contributed by atoms with Crippen LogP contribution in [0.25, 0.3) is 0 Å². The molecule has 1 aromatic carbocycles. The first kappa shape index (κ1) is 15.3. The van der Waals surface area contributed by atoms with Crippen molar-refractivity contribution in [3.63, 3.8) is 0 Å². The minimum Gasteiger partial charge on any atom is -0.444 e. The molecule has 22 heavy (non-hydrogen) atoms. The normalized spacial score (nSPS) is 25.3. The van der Waals surface area contributed by atoms with E-state index < -0.39 is 5.60 Å². The van der Waals surface area contributed by atoms with E-state index in [1.165, 1.54) is 5.56 Å². The summed E-state index contributed by atoms with van der Waals surface area (Å²) in [7, 11) is 0. The molecule has 0 aliphatic carbocycles. The molecule has 0 aromatic heterocycles. The number of benzene rings is 1. The quantitative estimate of drug-likeness (QED) is 0.841. The van der Waals surface area contributed by atoms with Crippen molar-refractivity contribution in [1.29, 1.82) is 0 Å². The van der Waals surface area contributed by atoms with Crippen molar-refractivity contribution >= 4 is 6.09 Å². The molecule has 0 saturated carbocycles. The van der Waals surface area contributed by atoms with E-state index in [0.29, 0.717) is 12.0 Å². The number of rotatable bonds is 2. The van der Waals surface area contributed by atoms with Gasteiger partial charge in [-0.05, 0) is 32.8 Å². The molecule has 1 amide bonds. The Labute approximate surface area is 133 Å². The topological polar surface area (TPSA) is 32.8 Å². The molecule has 2 heterocycles. The molecule has 120 valence electrons. The lowest BCUT2D eigenvalue weighted by Crippen LogP contribution is -2.63. The van der Waals surface area contributed by atoms with E-state index in [1.54, 1.807) is 0 Å². The highest BCUT2D eigenvalue weighted by molar-refractivity contribution is 5.68. The largest absolute Gasteiger partial charge is 0.444 e. The Bertz CT molecular complexity index is 524. The van der Waals surface area contributed by atoms with Crippen LogP contribution >= 0.6 is 0 Å². The van der Waals surface area contributed by atoms with E-state index >= 15 is 0 Å². The Morgan fingerprint density at radius 1 is 1.23 bits per heavy atom. The van der Waals surface area contributed by atoms with Crippen LogP contribution in [-0.2, 0) is 11.3 Å². The molecule has 4 nitrogen and oxygen atoms in total. The highest BCUT2D eigenvalue weighted by atomic mass is 16.6. The van der Waals surface area contributed by atoms with Crippen LogP contribution in [0.5, 0.6) is 0 Å². The molecule has 2 aliphatic rings. The number of carbonyl (C=O) groups is 1. The summed E-state index contributed by atoms with van der Waals surface area (Å²) < 4.78 is 5.48. The number of ether oxygens (including phenoxy) is 1. The molecule has 2 atom stereocenters. The monoisotopic (exact) mass is 302 g/mol. The molecule has 0 N–H and O–H groups in total. The van der Waals surface area contributed by atoms with E-state index in [4.69, 9.17) is 4.74 Å². The van der Waals surface area contributed by atoms with E-state index in [-0.39, 0.29) is 6.09 Å². The summed E-state index contributed by atoms with van der Waals surface area (Å²) in [6.07, 6.45) is 0.893. The smallest absolute Gasteiger partial charge is 0.410 e. The lowest BCUT2D eigenvalue weighted by atomic mass is 9.82. The lowest BCUT2D eigenvalue weighted by molar-refractivity contribution is -0.0549. The van der Waals surface area contributed by atoms with Crippen molar-refractivity contribution in [2.75, 3.05) is 19.6 Å². The lowest BCUT2D eigenvalue weighted by Gasteiger charge is -2.53. The molecule has 3 rings (SSSR count). The Kier molecular flexibility index (Phi) is 4.13. The maximum Gasteiger partial charge on any atom is 0.410 e. The van der Waals surface area contributed by atoms with Crippen molar-refractivity contribution in [2.45, 2.75) is 45.4 Å².